The molecule has 0 spiro atoms. The van der Waals surface area contributed by atoms with Gasteiger partial charge in [-0.15, -0.1) is 0 Å². The number of hydrogen-bond donors (Lipinski definition) is 2. The number of nitro benzene ring substituents is 1. The second-order valence-electron chi connectivity index (χ2n) is 5.40. The van der Waals surface area contributed by atoms with Gasteiger partial charge < -0.3 is 10.4 Å². The smallest absolute Gasteiger partial charge is 0.269 e. The lowest BCUT2D eigenvalue weighted by Crippen LogP contribution is -2.61. The van der Waals surface area contributed by atoms with Crippen LogP contribution in [0.4, 0.5) is 5.69 Å². The minimum Gasteiger partial charge on any atom is -0.392 e. The number of aliphatic hydroxyl groups is 1. The molecule has 2 N–H and O–H groups in total. The van der Waals surface area contributed by atoms with Crippen LogP contribution in [0.5, 0.6) is 0 Å². The van der Waals surface area contributed by atoms with Crippen molar-refractivity contribution in [2.45, 2.75) is 32.4 Å². The molecule has 6 heteroatoms. The van der Waals surface area contributed by atoms with Crippen LogP contribution >= 0.6 is 0 Å². The van der Waals surface area contributed by atoms with E-state index in [0.29, 0.717) is 12.0 Å². The van der Waals surface area contributed by atoms with E-state index in [-0.39, 0.29) is 23.1 Å². The Bertz CT molecular complexity index is 510. The molecule has 2 atom stereocenters. The molecule has 19 heavy (non-hydrogen) atoms. The molecule has 1 fully saturated rings. The Morgan fingerprint density at radius 1 is 1.42 bits per heavy atom. The van der Waals surface area contributed by atoms with Crippen LogP contribution in [-0.2, 0) is 0 Å². The number of non-ortho nitro benzene ring substituents is 1. The quantitative estimate of drug-likeness (QED) is 0.639. The highest BCUT2D eigenvalue weighted by atomic mass is 16.6. The summed E-state index contributed by atoms with van der Waals surface area (Å²) in [4.78, 5) is 22.0. The van der Waals surface area contributed by atoms with Crippen molar-refractivity contribution < 1.29 is 14.8 Å². The molecule has 0 saturated heterocycles. The van der Waals surface area contributed by atoms with Crippen molar-refractivity contribution in [3.05, 3.63) is 39.9 Å². The van der Waals surface area contributed by atoms with Gasteiger partial charge >= 0.3 is 0 Å². The van der Waals surface area contributed by atoms with Crippen molar-refractivity contribution in [1.82, 2.24) is 5.32 Å². The second kappa shape index (κ2) is 4.62. The summed E-state index contributed by atoms with van der Waals surface area (Å²) in [7, 11) is 0. The van der Waals surface area contributed by atoms with Crippen molar-refractivity contribution in [2.75, 3.05) is 0 Å². The predicted molar refractivity (Wildman–Crippen MR) is 68.8 cm³/mol. The summed E-state index contributed by atoms with van der Waals surface area (Å²) in [6, 6.07) is 5.38. The SMILES string of the molecule is CC1(C)C(O)CC1NC(=O)c1ccc([N+](=O)[O-])cc1. The van der Waals surface area contributed by atoms with Gasteiger partial charge in [0, 0.05) is 29.2 Å². The molecule has 1 amide bonds. The highest BCUT2D eigenvalue weighted by molar-refractivity contribution is 5.94. The fraction of sp³-hybridized carbons (Fsp3) is 0.462. The van der Waals surface area contributed by atoms with E-state index in [0.717, 1.165) is 0 Å². The molecular formula is C13H16N2O4. The largest absolute Gasteiger partial charge is 0.392 e. The molecule has 0 heterocycles. The van der Waals surface area contributed by atoms with E-state index < -0.39 is 11.0 Å². The second-order valence-corrected chi connectivity index (χ2v) is 5.40. The molecule has 6 nitrogen and oxygen atoms in total. The zero-order valence-electron chi connectivity index (χ0n) is 10.8. The number of carbonyl (C=O) groups is 1. The fourth-order valence-corrected chi connectivity index (χ4v) is 2.12. The Kier molecular flexibility index (Phi) is 3.28. The van der Waals surface area contributed by atoms with E-state index in [1.807, 2.05) is 13.8 Å². The molecule has 1 aliphatic rings. The first-order valence-corrected chi connectivity index (χ1v) is 6.05. The zero-order valence-corrected chi connectivity index (χ0v) is 10.8. The van der Waals surface area contributed by atoms with E-state index in [2.05, 4.69) is 5.32 Å². The van der Waals surface area contributed by atoms with Crippen LogP contribution in [-0.4, -0.2) is 28.1 Å². The molecule has 0 aromatic heterocycles. The number of rotatable bonds is 3. The van der Waals surface area contributed by atoms with Gasteiger partial charge in [0.05, 0.1) is 11.0 Å². The van der Waals surface area contributed by atoms with Crippen LogP contribution in [0.2, 0.25) is 0 Å². The highest BCUT2D eigenvalue weighted by Crippen LogP contribution is 2.40. The minimum atomic E-state index is -0.507. The van der Waals surface area contributed by atoms with Gasteiger partial charge in [-0.25, -0.2) is 0 Å². The molecule has 2 unspecified atom stereocenters. The number of benzene rings is 1. The van der Waals surface area contributed by atoms with E-state index in [1.54, 1.807) is 0 Å². The number of hydrogen-bond acceptors (Lipinski definition) is 4. The molecule has 2 rings (SSSR count). The summed E-state index contributed by atoms with van der Waals surface area (Å²) >= 11 is 0. The van der Waals surface area contributed by atoms with Crippen molar-refractivity contribution in [3.8, 4) is 0 Å². The summed E-state index contributed by atoms with van der Waals surface area (Å²) in [5.74, 6) is -0.278. The summed E-state index contributed by atoms with van der Waals surface area (Å²) < 4.78 is 0. The summed E-state index contributed by atoms with van der Waals surface area (Å²) in [5.41, 5.74) is -0.00471. The van der Waals surface area contributed by atoms with E-state index in [9.17, 15) is 20.0 Å². The third-order valence-electron chi connectivity index (χ3n) is 3.86. The highest BCUT2D eigenvalue weighted by Gasteiger charge is 2.47. The van der Waals surface area contributed by atoms with Crippen molar-refractivity contribution >= 4 is 11.6 Å². The van der Waals surface area contributed by atoms with Crippen LogP contribution < -0.4 is 5.32 Å². The molecule has 0 bridgehead atoms. The molecule has 1 saturated carbocycles. The third-order valence-corrected chi connectivity index (χ3v) is 3.86. The maximum atomic E-state index is 12.0. The lowest BCUT2D eigenvalue weighted by molar-refractivity contribution is -0.384. The standard InChI is InChI=1S/C13H16N2O4/c1-13(2)10(7-11(13)16)14-12(17)8-3-5-9(6-4-8)15(18)19/h3-6,10-11,16H,7H2,1-2H3,(H,14,17). The van der Waals surface area contributed by atoms with Crippen molar-refractivity contribution in [2.24, 2.45) is 5.41 Å². The van der Waals surface area contributed by atoms with Gasteiger partial charge in [0.1, 0.15) is 0 Å². The van der Waals surface area contributed by atoms with Gasteiger partial charge in [-0.2, -0.15) is 0 Å². The number of nitrogens with one attached hydrogen (secondary N) is 1. The van der Waals surface area contributed by atoms with Gasteiger partial charge in [0.15, 0.2) is 0 Å². The Hall–Kier alpha value is -1.95. The normalized spacial score (nSPS) is 24.4. The average molecular weight is 264 g/mol. The lowest BCUT2D eigenvalue weighted by atomic mass is 9.64. The number of amides is 1. The van der Waals surface area contributed by atoms with Crippen LogP contribution in [0.25, 0.3) is 0 Å². The summed E-state index contributed by atoms with van der Waals surface area (Å²) in [6.45, 7) is 3.78. The zero-order chi connectivity index (χ0) is 14.2. The van der Waals surface area contributed by atoms with Crippen molar-refractivity contribution in [3.63, 3.8) is 0 Å². The summed E-state index contributed by atoms with van der Waals surface area (Å²) in [6.07, 6.45) is 0.126. The van der Waals surface area contributed by atoms with Crippen LogP contribution in [0.15, 0.2) is 24.3 Å². The number of carbonyl (C=O) groups excluding carboxylic acids is 1. The third kappa shape index (κ3) is 2.44. The first kappa shape index (κ1) is 13.5. The average Bonchev–Trinajstić information content (AvgIpc) is 2.38. The molecule has 0 radical (unpaired) electrons. The Labute approximate surface area is 110 Å². The summed E-state index contributed by atoms with van der Waals surface area (Å²) in [5, 5.41) is 22.9. The van der Waals surface area contributed by atoms with Gasteiger partial charge in [-0.3, -0.25) is 14.9 Å². The first-order chi connectivity index (χ1) is 8.82. The van der Waals surface area contributed by atoms with E-state index >= 15 is 0 Å². The first-order valence-electron chi connectivity index (χ1n) is 6.05. The van der Waals surface area contributed by atoms with Crippen molar-refractivity contribution in [1.29, 1.82) is 0 Å². The number of nitrogens with zero attached hydrogens (tertiary/aromatic N) is 1. The minimum absolute atomic E-state index is 0.0454. The lowest BCUT2D eigenvalue weighted by Gasteiger charge is -2.49. The maximum absolute atomic E-state index is 12.0. The topological polar surface area (TPSA) is 92.5 Å². The van der Waals surface area contributed by atoms with Crippen LogP contribution in [0, 0.1) is 15.5 Å². The van der Waals surface area contributed by atoms with E-state index in [4.69, 9.17) is 0 Å². The monoisotopic (exact) mass is 264 g/mol. The number of aliphatic hydroxyl groups excluding tert-OH is 1. The Morgan fingerprint density at radius 2 is 2.00 bits per heavy atom. The van der Waals surface area contributed by atoms with Crippen LogP contribution in [0.3, 0.4) is 0 Å². The number of nitro groups is 1. The molecular weight excluding hydrogens is 248 g/mol. The molecule has 0 aliphatic heterocycles. The molecule has 1 aliphatic carbocycles. The van der Waals surface area contributed by atoms with Gasteiger partial charge in [0.25, 0.3) is 11.6 Å². The van der Waals surface area contributed by atoms with Gasteiger partial charge in [-0.05, 0) is 18.6 Å². The Balaban J connectivity index is 2.03. The van der Waals surface area contributed by atoms with Crippen LogP contribution in [0.1, 0.15) is 30.6 Å². The molecule has 102 valence electrons. The van der Waals surface area contributed by atoms with E-state index in [1.165, 1.54) is 24.3 Å². The van der Waals surface area contributed by atoms with Gasteiger partial charge in [0.2, 0.25) is 0 Å². The molecule has 1 aromatic rings. The maximum Gasteiger partial charge on any atom is 0.269 e. The Morgan fingerprint density at radius 3 is 2.42 bits per heavy atom. The van der Waals surface area contributed by atoms with Gasteiger partial charge in [-0.1, -0.05) is 13.8 Å². The predicted octanol–water partition coefficient (Wildman–Crippen LogP) is 1.48. The fourth-order valence-electron chi connectivity index (χ4n) is 2.12. The molecule has 1 aromatic carbocycles.